The summed E-state index contributed by atoms with van der Waals surface area (Å²) >= 11 is 0. The smallest absolute Gasteiger partial charge is 0.407 e. The molecule has 7 rings (SSSR count). The quantitative estimate of drug-likeness (QED) is 0.115. The summed E-state index contributed by atoms with van der Waals surface area (Å²) in [6.45, 7) is 1.67. The van der Waals surface area contributed by atoms with Crippen molar-refractivity contribution < 1.29 is 37.4 Å². The van der Waals surface area contributed by atoms with Gasteiger partial charge in [-0.3, -0.25) is 9.20 Å². The predicted octanol–water partition coefficient (Wildman–Crippen LogP) is 6.80. The SMILES string of the molecule is CCc1cc(Nc2nccn3c(-c4ccc(OC)c(F)c4F)cnc23)ccc1C(=O)NC[C@H](NC(=O)OCC1c2ccccc2-c2ccccc21)C(=O)OC. The number of aromatic nitrogens is 3. The lowest BCUT2D eigenvalue weighted by molar-refractivity contribution is -0.142. The number of imidazole rings is 1. The number of nitrogens with one attached hydrogen (secondary N) is 3. The number of methoxy groups -OCH3 is 2. The van der Waals surface area contributed by atoms with Crippen molar-refractivity contribution in [1.29, 1.82) is 0 Å². The summed E-state index contributed by atoms with van der Waals surface area (Å²) in [5.41, 5.74) is 6.52. The molecule has 0 unspecified atom stereocenters. The molecule has 14 heteroatoms. The van der Waals surface area contributed by atoms with E-state index < -0.39 is 35.6 Å². The van der Waals surface area contributed by atoms with Crippen LogP contribution in [0.1, 0.15) is 39.9 Å². The van der Waals surface area contributed by atoms with Gasteiger partial charge in [-0.05, 0) is 64.6 Å². The summed E-state index contributed by atoms with van der Waals surface area (Å²) < 4.78 is 46.4. The van der Waals surface area contributed by atoms with Gasteiger partial charge in [-0.25, -0.2) is 23.9 Å². The van der Waals surface area contributed by atoms with Crippen LogP contribution in [0.5, 0.6) is 5.75 Å². The molecule has 0 spiro atoms. The average molecular weight is 747 g/mol. The van der Waals surface area contributed by atoms with Crippen molar-refractivity contribution >= 4 is 35.1 Å². The average Bonchev–Trinajstić information content (AvgIpc) is 3.79. The highest BCUT2D eigenvalue weighted by Crippen LogP contribution is 2.44. The number of rotatable bonds is 12. The Morgan fingerprint density at radius 2 is 1.62 bits per heavy atom. The molecule has 1 atom stereocenters. The van der Waals surface area contributed by atoms with E-state index in [0.29, 0.717) is 40.4 Å². The molecular weight excluding hydrogens is 710 g/mol. The molecule has 0 aliphatic heterocycles. The first-order valence-corrected chi connectivity index (χ1v) is 17.4. The van der Waals surface area contributed by atoms with Crippen LogP contribution in [0.2, 0.25) is 0 Å². The minimum Gasteiger partial charge on any atom is -0.494 e. The minimum atomic E-state index is -1.22. The number of benzene rings is 4. The van der Waals surface area contributed by atoms with Crippen molar-refractivity contribution in [3.8, 4) is 28.1 Å². The van der Waals surface area contributed by atoms with E-state index in [1.54, 1.807) is 28.8 Å². The number of carbonyl (C=O) groups is 3. The molecule has 3 N–H and O–H groups in total. The van der Waals surface area contributed by atoms with Gasteiger partial charge in [0.15, 0.2) is 23.0 Å². The fourth-order valence-electron chi connectivity index (χ4n) is 6.82. The molecule has 0 saturated heterocycles. The fraction of sp³-hybridized carbons (Fsp3) is 0.195. The molecular formula is C41H36F2N6O6. The van der Waals surface area contributed by atoms with E-state index in [9.17, 15) is 23.2 Å². The molecule has 2 aromatic heterocycles. The highest BCUT2D eigenvalue weighted by atomic mass is 19.2. The third-order valence-corrected chi connectivity index (χ3v) is 9.55. The van der Waals surface area contributed by atoms with Crippen molar-refractivity contribution in [3.05, 3.63) is 131 Å². The van der Waals surface area contributed by atoms with Gasteiger partial charge in [-0.15, -0.1) is 0 Å². The first-order valence-electron chi connectivity index (χ1n) is 17.4. The first-order chi connectivity index (χ1) is 26.7. The minimum absolute atomic E-state index is 0.00509. The van der Waals surface area contributed by atoms with E-state index in [-0.39, 0.29) is 30.4 Å². The zero-order valence-electron chi connectivity index (χ0n) is 30.1. The van der Waals surface area contributed by atoms with Gasteiger partial charge in [0.05, 0.1) is 26.1 Å². The monoisotopic (exact) mass is 746 g/mol. The number of ether oxygens (including phenoxy) is 3. The van der Waals surface area contributed by atoms with Gasteiger partial charge in [-0.2, -0.15) is 4.39 Å². The largest absolute Gasteiger partial charge is 0.494 e. The molecule has 1 aliphatic carbocycles. The zero-order chi connectivity index (χ0) is 38.6. The van der Waals surface area contributed by atoms with Crippen molar-refractivity contribution in [1.82, 2.24) is 25.0 Å². The summed E-state index contributed by atoms with van der Waals surface area (Å²) in [6.07, 6.45) is 4.14. The fourth-order valence-corrected chi connectivity index (χ4v) is 6.82. The van der Waals surface area contributed by atoms with E-state index >= 15 is 0 Å². The summed E-state index contributed by atoms with van der Waals surface area (Å²) in [4.78, 5) is 47.8. The molecule has 55 heavy (non-hydrogen) atoms. The maximum absolute atomic E-state index is 14.9. The molecule has 2 amide bonds. The standard InChI is InChI=1S/C41H36F2N6O6/c1-4-23-19-24(47-37-38-45-21-33(49(38)18-17-44-37)30-15-16-34(53-2)36(43)35(30)42)13-14-25(23)39(50)46-20-32(40(51)54-3)48-41(52)55-22-31-28-11-7-5-9-26(28)27-10-6-8-12-29(27)31/h5-19,21,31-32H,4,20,22H2,1-3H3,(H,44,47)(H,46,50)(H,48,52)/t32-/m0/s1. The second kappa shape index (κ2) is 15.6. The van der Waals surface area contributed by atoms with Crippen molar-refractivity contribution in [2.24, 2.45) is 0 Å². The lowest BCUT2D eigenvalue weighted by Gasteiger charge is -2.19. The number of nitrogens with zero attached hydrogens (tertiary/aromatic N) is 3. The van der Waals surface area contributed by atoms with Crippen LogP contribution in [-0.4, -0.2) is 65.8 Å². The maximum atomic E-state index is 14.9. The third-order valence-electron chi connectivity index (χ3n) is 9.55. The van der Waals surface area contributed by atoms with Gasteiger partial charge in [-0.1, -0.05) is 55.5 Å². The number of esters is 1. The second-order valence-electron chi connectivity index (χ2n) is 12.7. The number of alkyl carbamates (subject to hydrolysis) is 1. The van der Waals surface area contributed by atoms with E-state index in [0.717, 1.165) is 22.3 Å². The Morgan fingerprint density at radius 3 is 2.31 bits per heavy atom. The molecule has 0 radical (unpaired) electrons. The Hall–Kier alpha value is -6.83. The molecule has 12 nitrogen and oxygen atoms in total. The predicted molar refractivity (Wildman–Crippen MR) is 200 cm³/mol. The van der Waals surface area contributed by atoms with Crippen LogP contribution in [0, 0.1) is 11.6 Å². The highest BCUT2D eigenvalue weighted by Gasteiger charge is 2.30. The topological polar surface area (TPSA) is 145 Å². The zero-order valence-corrected chi connectivity index (χ0v) is 30.1. The van der Waals surface area contributed by atoms with E-state index in [2.05, 4.69) is 25.9 Å². The van der Waals surface area contributed by atoms with Crippen LogP contribution in [0.15, 0.2) is 97.5 Å². The third kappa shape index (κ3) is 7.13. The van der Waals surface area contributed by atoms with Gasteiger partial charge in [0.25, 0.3) is 5.91 Å². The van der Waals surface area contributed by atoms with Crippen molar-refractivity contribution in [2.45, 2.75) is 25.3 Å². The van der Waals surface area contributed by atoms with Gasteiger partial charge >= 0.3 is 12.1 Å². The molecule has 0 bridgehead atoms. The van der Waals surface area contributed by atoms with Gasteiger partial charge in [0, 0.05) is 41.7 Å². The summed E-state index contributed by atoms with van der Waals surface area (Å²) in [5, 5.41) is 8.45. The van der Waals surface area contributed by atoms with Crippen LogP contribution in [-0.2, 0) is 20.7 Å². The Morgan fingerprint density at radius 1 is 0.891 bits per heavy atom. The molecule has 0 saturated carbocycles. The lowest BCUT2D eigenvalue weighted by atomic mass is 9.98. The summed E-state index contributed by atoms with van der Waals surface area (Å²) in [5.74, 6) is -3.45. The molecule has 280 valence electrons. The van der Waals surface area contributed by atoms with Crippen LogP contribution >= 0.6 is 0 Å². The van der Waals surface area contributed by atoms with Gasteiger partial charge < -0.3 is 30.2 Å². The van der Waals surface area contributed by atoms with E-state index in [4.69, 9.17) is 14.2 Å². The number of hydrogen-bond acceptors (Lipinski definition) is 9. The summed E-state index contributed by atoms with van der Waals surface area (Å²) in [7, 11) is 2.45. The Bertz CT molecular complexity index is 2390. The lowest BCUT2D eigenvalue weighted by Crippen LogP contribution is -2.49. The highest BCUT2D eigenvalue weighted by molar-refractivity contribution is 5.97. The molecule has 1 aliphatic rings. The molecule has 0 fully saturated rings. The maximum Gasteiger partial charge on any atom is 0.407 e. The number of hydrogen-bond donors (Lipinski definition) is 3. The van der Waals surface area contributed by atoms with Crippen LogP contribution in [0.4, 0.5) is 25.1 Å². The Balaban J connectivity index is 1.01. The Kier molecular flexibility index (Phi) is 10.4. The Labute approximate surface area is 314 Å². The van der Waals surface area contributed by atoms with E-state index in [1.165, 1.54) is 38.7 Å². The normalized spacial score (nSPS) is 12.4. The van der Waals surface area contributed by atoms with Crippen LogP contribution in [0.25, 0.3) is 28.0 Å². The molecule has 2 heterocycles. The number of anilines is 2. The van der Waals surface area contributed by atoms with Gasteiger partial charge in [0.1, 0.15) is 12.6 Å². The van der Waals surface area contributed by atoms with Crippen LogP contribution in [0.3, 0.4) is 0 Å². The van der Waals surface area contributed by atoms with Crippen molar-refractivity contribution in [2.75, 3.05) is 32.7 Å². The van der Waals surface area contributed by atoms with Crippen molar-refractivity contribution in [3.63, 3.8) is 0 Å². The van der Waals surface area contributed by atoms with E-state index in [1.807, 2.05) is 55.5 Å². The number of fused-ring (bicyclic) bond motifs is 4. The number of aryl methyl sites for hydroxylation is 1. The molecule has 6 aromatic rings. The van der Waals surface area contributed by atoms with Gasteiger partial charge in [0.2, 0.25) is 5.82 Å². The number of carbonyl (C=O) groups excluding carboxylic acids is 3. The number of amides is 2. The molecule has 4 aromatic carbocycles. The second-order valence-corrected chi connectivity index (χ2v) is 12.7. The number of halogens is 2. The summed E-state index contributed by atoms with van der Waals surface area (Å²) in [6, 6.07) is 22.5. The van der Waals surface area contributed by atoms with Crippen LogP contribution < -0.4 is 20.7 Å². The first kappa shape index (κ1) is 36.5.